The van der Waals surface area contributed by atoms with Crippen molar-refractivity contribution in [1.29, 1.82) is 0 Å². The van der Waals surface area contributed by atoms with Crippen molar-refractivity contribution in [3.05, 3.63) is 18.3 Å². The van der Waals surface area contributed by atoms with Gasteiger partial charge in [0.25, 0.3) is 0 Å². The summed E-state index contributed by atoms with van der Waals surface area (Å²) in [5, 5.41) is 12.3. The summed E-state index contributed by atoms with van der Waals surface area (Å²) in [6.07, 6.45) is 4.12. The number of hydrogen-bond donors (Lipinski definition) is 2. The first-order valence-corrected chi connectivity index (χ1v) is 8.83. The summed E-state index contributed by atoms with van der Waals surface area (Å²) >= 11 is 0. The van der Waals surface area contributed by atoms with Crippen molar-refractivity contribution in [2.75, 3.05) is 31.6 Å². The molecule has 0 amide bonds. The van der Waals surface area contributed by atoms with Gasteiger partial charge in [0.1, 0.15) is 5.82 Å². The normalized spacial score (nSPS) is 20.4. The second-order valence-electron chi connectivity index (χ2n) is 5.36. The Morgan fingerprint density at radius 2 is 2.33 bits per heavy atom. The van der Waals surface area contributed by atoms with Gasteiger partial charge in [-0.25, -0.2) is 13.4 Å². The number of aliphatic hydroxyl groups excluding tert-OH is 1. The maximum absolute atomic E-state index is 12.7. The molecule has 1 unspecified atom stereocenters. The Balaban J connectivity index is 2.18. The van der Waals surface area contributed by atoms with Crippen LogP contribution < -0.4 is 5.32 Å². The van der Waals surface area contributed by atoms with Crippen LogP contribution in [-0.2, 0) is 10.0 Å². The highest BCUT2D eigenvalue weighted by atomic mass is 32.2. The van der Waals surface area contributed by atoms with Gasteiger partial charge in [-0.2, -0.15) is 4.31 Å². The van der Waals surface area contributed by atoms with Crippen LogP contribution in [0.25, 0.3) is 0 Å². The SMILES string of the molecule is CCCNc1cc(S(=O)(=O)N2CCCC(CO)C2)ccn1. The van der Waals surface area contributed by atoms with Gasteiger partial charge < -0.3 is 10.4 Å². The molecule has 0 aromatic carbocycles. The maximum Gasteiger partial charge on any atom is 0.243 e. The zero-order chi connectivity index (χ0) is 15.3. The van der Waals surface area contributed by atoms with Crippen LogP contribution in [0.3, 0.4) is 0 Å². The van der Waals surface area contributed by atoms with Crippen molar-refractivity contribution >= 4 is 15.8 Å². The van der Waals surface area contributed by atoms with Gasteiger partial charge in [-0.05, 0) is 31.2 Å². The van der Waals surface area contributed by atoms with Gasteiger partial charge in [-0.3, -0.25) is 0 Å². The second-order valence-corrected chi connectivity index (χ2v) is 7.30. The van der Waals surface area contributed by atoms with Gasteiger partial charge in [-0.1, -0.05) is 6.92 Å². The van der Waals surface area contributed by atoms with Gasteiger partial charge in [0.05, 0.1) is 4.90 Å². The molecule has 1 aliphatic heterocycles. The first kappa shape index (κ1) is 16.2. The molecule has 0 saturated carbocycles. The number of anilines is 1. The molecule has 0 spiro atoms. The minimum atomic E-state index is -3.51. The Morgan fingerprint density at radius 3 is 3.05 bits per heavy atom. The topological polar surface area (TPSA) is 82.5 Å². The molecular formula is C14H23N3O3S. The quantitative estimate of drug-likeness (QED) is 0.827. The lowest BCUT2D eigenvalue weighted by Crippen LogP contribution is -2.40. The molecule has 0 radical (unpaired) electrons. The zero-order valence-electron chi connectivity index (χ0n) is 12.3. The van der Waals surface area contributed by atoms with Crippen LogP contribution in [0.2, 0.25) is 0 Å². The first-order chi connectivity index (χ1) is 10.1. The Hall–Kier alpha value is -1.18. The van der Waals surface area contributed by atoms with Gasteiger partial charge in [-0.15, -0.1) is 0 Å². The molecule has 6 nitrogen and oxygen atoms in total. The van der Waals surface area contributed by atoms with E-state index in [9.17, 15) is 13.5 Å². The van der Waals surface area contributed by atoms with E-state index in [2.05, 4.69) is 10.3 Å². The maximum atomic E-state index is 12.7. The summed E-state index contributed by atoms with van der Waals surface area (Å²) in [6.45, 7) is 3.73. The number of rotatable bonds is 6. The van der Waals surface area contributed by atoms with E-state index in [0.29, 0.717) is 18.9 Å². The highest BCUT2D eigenvalue weighted by Gasteiger charge is 2.30. The molecule has 1 aromatic heterocycles. The van der Waals surface area contributed by atoms with E-state index in [-0.39, 0.29) is 17.4 Å². The van der Waals surface area contributed by atoms with E-state index in [1.165, 1.54) is 16.6 Å². The van der Waals surface area contributed by atoms with Crippen molar-refractivity contribution in [2.45, 2.75) is 31.1 Å². The highest BCUT2D eigenvalue weighted by molar-refractivity contribution is 7.89. The van der Waals surface area contributed by atoms with Crippen molar-refractivity contribution in [1.82, 2.24) is 9.29 Å². The number of aromatic nitrogens is 1. The highest BCUT2D eigenvalue weighted by Crippen LogP contribution is 2.24. The number of sulfonamides is 1. The monoisotopic (exact) mass is 313 g/mol. The molecule has 1 aliphatic rings. The predicted octanol–water partition coefficient (Wildman–Crippen LogP) is 1.30. The van der Waals surface area contributed by atoms with E-state index in [0.717, 1.165) is 25.8 Å². The molecule has 21 heavy (non-hydrogen) atoms. The molecule has 0 bridgehead atoms. The molecule has 1 atom stereocenters. The summed E-state index contributed by atoms with van der Waals surface area (Å²) < 4.78 is 26.8. The Morgan fingerprint density at radius 1 is 1.52 bits per heavy atom. The second kappa shape index (κ2) is 7.20. The molecule has 0 aliphatic carbocycles. The summed E-state index contributed by atoms with van der Waals surface area (Å²) in [5.74, 6) is 0.613. The molecule has 1 saturated heterocycles. The summed E-state index contributed by atoms with van der Waals surface area (Å²) in [5.41, 5.74) is 0. The number of nitrogens with one attached hydrogen (secondary N) is 1. The molecular weight excluding hydrogens is 290 g/mol. The predicted molar refractivity (Wildman–Crippen MR) is 81.6 cm³/mol. The number of hydrogen-bond acceptors (Lipinski definition) is 5. The first-order valence-electron chi connectivity index (χ1n) is 7.39. The number of nitrogens with zero attached hydrogens (tertiary/aromatic N) is 2. The summed E-state index contributed by atoms with van der Waals surface area (Å²) in [4.78, 5) is 4.39. The Bertz CT molecular complexity index is 562. The lowest BCUT2D eigenvalue weighted by Gasteiger charge is -2.30. The third-order valence-electron chi connectivity index (χ3n) is 3.67. The largest absolute Gasteiger partial charge is 0.396 e. The molecule has 2 rings (SSSR count). The minimum Gasteiger partial charge on any atom is -0.396 e. The summed E-state index contributed by atoms with van der Waals surface area (Å²) in [6, 6.07) is 3.10. The molecule has 7 heteroatoms. The number of pyridine rings is 1. The lowest BCUT2D eigenvalue weighted by atomic mass is 10.0. The fourth-order valence-electron chi connectivity index (χ4n) is 2.46. The third-order valence-corrected chi connectivity index (χ3v) is 5.53. The fourth-order valence-corrected chi connectivity index (χ4v) is 4.03. The average Bonchev–Trinajstić information content (AvgIpc) is 2.53. The van der Waals surface area contributed by atoms with E-state index in [1.807, 2.05) is 6.92 Å². The van der Waals surface area contributed by atoms with Crippen LogP contribution >= 0.6 is 0 Å². The molecule has 2 heterocycles. The van der Waals surface area contributed by atoms with Gasteiger partial charge in [0.2, 0.25) is 10.0 Å². The van der Waals surface area contributed by atoms with Crippen LogP contribution in [0.1, 0.15) is 26.2 Å². The van der Waals surface area contributed by atoms with E-state index in [4.69, 9.17) is 0 Å². The fraction of sp³-hybridized carbons (Fsp3) is 0.643. The van der Waals surface area contributed by atoms with Crippen molar-refractivity contribution in [3.8, 4) is 0 Å². The zero-order valence-corrected chi connectivity index (χ0v) is 13.1. The van der Waals surface area contributed by atoms with E-state index < -0.39 is 10.0 Å². The van der Waals surface area contributed by atoms with Crippen LogP contribution in [-0.4, -0.2) is 49.1 Å². The average molecular weight is 313 g/mol. The van der Waals surface area contributed by atoms with Crippen LogP contribution in [0.15, 0.2) is 23.2 Å². The smallest absolute Gasteiger partial charge is 0.243 e. The van der Waals surface area contributed by atoms with Gasteiger partial charge >= 0.3 is 0 Å². The molecule has 1 fully saturated rings. The molecule has 1 aromatic rings. The third kappa shape index (κ3) is 3.93. The minimum absolute atomic E-state index is 0.0334. The van der Waals surface area contributed by atoms with Crippen LogP contribution in [0.5, 0.6) is 0 Å². The van der Waals surface area contributed by atoms with Crippen LogP contribution in [0.4, 0.5) is 5.82 Å². The lowest BCUT2D eigenvalue weighted by molar-refractivity contribution is 0.165. The standard InChI is InChI=1S/C14H23N3O3S/c1-2-6-15-14-9-13(5-7-16-14)21(19,20)17-8-3-4-12(10-17)11-18/h5,7,9,12,18H,2-4,6,8,10-11H2,1H3,(H,15,16). The van der Waals surface area contributed by atoms with Crippen molar-refractivity contribution in [3.63, 3.8) is 0 Å². The van der Waals surface area contributed by atoms with E-state index in [1.54, 1.807) is 6.07 Å². The Labute approximate surface area is 126 Å². The number of aliphatic hydroxyl groups is 1. The molecule has 2 N–H and O–H groups in total. The van der Waals surface area contributed by atoms with Gasteiger partial charge in [0.15, 0.2) is 0 Å². The van der Waals surface area contributed by atoms with Crippen LogP contribution in [0, 0.1) is 5.92 Å². The van der Waals surface area contributed by atoms with Crippen molar-refractivity contribution in [2.24, 2.45) is 5.92 Å². The summed E-state index contributed by atoms with van der Waals surface area (Å²) in [7, 11) is -3.51. The van der Waals surface area contributed by atoms with Gasteiger partial charge in [0, 0.05) is 38.5 Å². The molecule has 118 valence electrons. The number of piperidine rings is 1. The Kier molecular flexibility index (Phi) is 5.55. The van der Waals surface area contributed by atoms with Crippen molar-refractivity contribution < 1.29 is 13.5 Å². The van der Waals surface area contributed by atoms with E-state index >= 15 is 0 Å².